The summed E-state index contributed by atoms with van der Waals surface area (Å²) in [6.07, 6.45) is 0.300. The highest BCUT2D eigenvalue weighted by molar-refractivity contribution is 5.94. The van der Waals surface area contributed by atoms with Crippen molar-refractivity contribution in [2.75, 3.05) is 25.0 Å². The lowest BCUT2D eigenvalue weighted by molar-refractivity contribution is -0.121. The lowest BCUT2D eigenvalue weighted by Crippen LogP contribution is -2.32. The zero-order valence-electron chi connectivity index (χ0n) is 13.0. The predicted molar refractivity (Wildman–Crippen MR) is 85.4 cm³/mol. The number of benzene rings is 1. The van der Waals surface area contributed by atoms with Gasteiger partial charge in [-0.25, -0.2) is 0 Å². The number of hydrogen-bond donors (Lipinski definition) is 3. The highest BCUT2D eigenvalue weighted by Gasteiger charge is 2.07. The molecule has 1 aromatic rings. The van der Waals surface area contributed by atoms with Crippen molar-refractivity contribution >= 4 is 17.5 Å². The average molecular weight is 291 g/mol. The van der Waals surface area contributed by atoms with Gasteiger partial charge in [0, 0.05) is 37.3 Å². The predicted octanol–water partition coefficient (Wildman–Crippen LogP) is 2.01. The summed E-state index contributed by atoms with van der Waals surface area (Å²) in [6.45, 7) is 7.95. The fourth-order valence-electron chi connectivity index (χ4n) is 1.74. The number of amides is 2. The van der Waals surface area contributed by atoms with Crippen LogP contribution in [0.5, 0.6) is 0 Å². The van der Waals surface area contributed by atoms with Gasteiger partial charge in [0.05, 0.1) is 0 Å². The fraction of sp³-hybridized carbons (Fsp3) is 0.500. The van der Waals surface area contributed by atoms with E-state index in [2.05, 4.69) is 16.0 Å². The van der Waals surface area contributed by atoms with Crippen molar-refractivity contribution in [1.82, 2.24) is 10.6 Å². The Morgan fingerprint density at radius 1 is 1.10 bits per heavy atom. The summed E-state index contributed by atoms with van der Waals surface area (Å²) in [5.74, 6) is 0.236. The summed E-state index contributed by atoms with van der Waals surface area (Å²) in [5.41, 5.74) is 1.58. The minimum absolute atomic E-state index is 0.0357. The number of rotatable bonds is 8. The van der Waals surface area contributed by atoms with E-state index in [9.17, 15) is 9.59 Å². The number of anilines is 1. The molecule has 5 heteroatoms. The van der Waals surface area contributed by atoms with Crippen molar-refractivity contribution in [2.24, 2.45) is 5.92 Å². The molecule has 0 aliphatic carbocycles. The van der Waals surface area contributed by atoms with Gasteiger partial charge in [-0.2, -0.15) is 0 Å². The maximum atomic E-state index is 11.9. The Balaban J connectivity index is 2.31. The third-order valence-corrected chi connectivity index (χ3v) is 2.87. The molecule has 0 unspecified atom stereocenters. The number of carbonyl (C=O) groups is 2. The zero-order valence-corrected chi connectivity index (χ0v) is 13.0. The molecular formula is C16H25N3O2. The molecule has 0 saturated heterocycles. The first-order valence-corrected chi connectivity index (χ1v) is 7.41. The molecule has 0 spiro atoms. The summed E-state index contributed by atoms with van der Waals surface area (Å²) < 4.78 is 0. The maximum Gasteiger partial charge on any atom is 0.251 e. The van der Waals surface area contributed by atoms with Gasteiger partial charge in [-0.3, -0.25) is 9.59 Å². The van der Waals surface area contributed by atoms with E-state index in [-0.39, 0.29) is 11.8 Å². The third kappa shape index (κ3) is 6.79. The number of hydrogen-bond acceptors (Lipinski definition) is 3. The Labute approximate surface area is 126 Å². The lowest BCUT2D eigenvalue weighted by Gasteiger charge is -2.09. The van der Waals surface area contributed by atoms with Gasteiger partial charge in [-0.05, 0) is 37.1 Å². The lowest BCUT2D eigenvalue weighted by atomic mass is 10.2. The minimum Gasteiger partial charge on any atom is -0.385 e. The molecule has 21 heavy (non-hydrogen) atoms. The second kappa shape index (κ2) is 9.00. The molecule has 5 nitrogen and oxygen atoms in total. The van der Waals surface area contributed by atoms with Gasteiger partial charge < -0.3 is 16.0 Å². The van der Waals surface area contributed by atoms with Gasteiger partial charge in [0.25, 0.3) is 5.91 Å². The molecule has 1 aromatic carbocycles. The van der Waals surface area contributed by atoms with E-state index < -0.39 is 0 Å². The summed E-state index contributed by atoms with van der Waals surface area (Å²) in [7, 11) is 0. The molecule has 0 saturated carbocycles. The standard InChI is InChI=1S/C16H25N3O2/c1-4-17-14-7-5-13(6-8-14)16(21)18-10-9-15(20)19-11-12(2)3/h5-8,12,17H,4,9-11H2,1-3H3,(H,18,21)(H,19,20). The van der Waals surface area contributed by atoms with Crippen molar-refractivity contribution in [3.8, 4) is 0 Å². The van der Waals surface area contributed by atoms with Crippen LogP contribution in [0.1, 0.15) is 37.6 Å². The first kappa shape index (κ1) is 17.0. The zero-order chi connectivity index (χ0) is 15.7. The average Bonchev–Trinajstić information content (AvgIpc) is 2.46. The molecule has 2 amide bonds. The highest BCUT2D eigenvalue weighted by atomic mass is 16.2. The van der Waals surface area contributed by atoms with Gasteiger partial charge in [0.15, 0.2) is 0 Å². The first-order chi connectivity index (χ1) is 10.0. The Kier molecular flexibility index (Phi) is 7.29. The van der Waals surface area contributed by atoms with Crippen LogP contribution in [0.3, 0.4) is 0 Å². The van der Waals surface area contributed by atoms with Crippen LogP contribution in [0.25, 0.3) is 0 Å². The summed E-state index contributed by atoms with van der Waals surface area (Å²) >= 11 is 0. The van der Waals surface area contributed by atoms with Crippen LogP contribution in [0.15, 0.2) is 24.3 Å². The molecule has 0 bridgehead atoms. The van der Waals surface area contributed by atoms with E-state index in [1.165, 1.54) is 0 Å². The monoisotopic (exact) mass is 291 g/mol. The second-order valence-corrected chi connectivity index (χ2v) is 5.31. The molecule has 0 aliphatic rings. The van der Waals surface area contributed by atoms with Crippen LogP contribution in [0.4, 0.5) is 5.69 Å². The molecule has 0 heterocycles. The van der Waals surface area contributed by atoms with Crippen LogP contribution in [-0.2, 0) is 4.79 Å². The van der Waals surface area contributed by atoms with E-state index >= 15 is 0 Å². The van der Waals surface area contributed by atoms with Gasteiger partial charge >= 0.3 is 0 Å². The highest BCUT2D eigenvalue weighted by Crippen LogP contribution is 2.08. The van der Waals surface area contributed by atoms with Crippen LogP contribution < -0.4 is 16.0 Å². The van der Waals surface area contributed by atoms with Gasteiger partial charge in [-0.1, -0.05) is 13.8 Å². The SMILES string of the molecule is CCNc1ccc(C(=O)NCCC(=O)NCC(C)C)cc1. The molecular weight excluding hydrogens is 266 g/mol. The third-order valence-electron chi connectivity index (χ3n) is 2.87. The van der Waals surface area contributed by atoms with Crippen molar-refractivity contribution < 1.29 is 9.59 Å². The molecule has 0 aromatic heterocycles. The molecule has 0 aliphatic heterocycles. The smallest absolute Gasteiger partial charge is 0.251 e. The maximum absolute atomic E-state index is 11.9. The Morgan fingerprint density at radius 3 is 2.33 bits per heavy atom. The molecule has 116 valence electrons. The van der Waals surface area contributed by atoms with Gasteiger partial charge in [0.1, 0.15) is 0 Å². The Bertz CT molecular complexity index is 455. The summed E-state index contributed by atoms with van der Waals surface area (Å²) in [6, 6.07) is 7.28. The van der Waals surface area contributed by atoms with Crippen molar-refractivity contribution in [3.05, 3.63) is 29.8 Å². The number of carbonyl (C=O) groups excluding carboxylic acids is 2. The van der Waals surface area contributed by atoms with Gasteiger partial charge in [-0.15, -0.1) is 0 Å². The Hall–Kier alpha value is -2.04. The molecule has 0 radical (unpaired) electrons. The fourth-order valence-corrected chi connectivity index (χ4v) is 1.74. The minimum atomic E-state index is -0.158. The van der Waals surface area contributed by atoms with E-state index in [0.29, 0.717) is 31.0 Å². The molecule has 0 atom stereocenters. The van der Waals surface area contributed by atoms with Crippen LogP contribution in [-0.4, -0.2) is 31.4 Å². The van der Waals surface area contributed by atoms with E-state index in [4.69, 9.17) is 0 Å². The first-order valence-electron chi connectivity index (χ1n) is 7.41. The number of nitrogens with one attached hydrogen (secondary N) is 3. The van der Waals surface area contributed by atoms with Crippen LogP contribution >= 0.6 is 0 Å². The summed E-state index contributed by atoms with van der Waals surface area (Å²) in [5, 5.41) is 8.74. The molecule has 1 rings (SSSR count). The largest absolute Gasteiger partial charge is 0.385 e. The van der Waals surface area contributed by atoms with Crippen LogP contribution in [0.2, 0.25) is 0 Å². The van der Waals surface area contributed by atoms with E-state index in [1.54, 1.807) is 12.1 Å². The van der Waals surface area contributed by atoms with Crippen molar-refractivity contribution in [1.29, 1.82) is 0 Å². The van der Waals surface area contributed by atoms with E-state index in [1.807, 2.05) is 32.9 Å². The van der Waals surface area contributed by atoms with Crippen molar-refractivity contribution in [2.45, 2.75) is 27.2 Å². The Morgan fingerprint density at radius 2 is 1.76 bits per heavy atom. The molecule has 3 N–H and O–H groups in total. The second-order valence-electron chi connectivity index (χ2n) is 5.31. The van der Waals surface area contributed by atoms with Crippen LogP contribution in [0, 0.1) is 5.92 Å². The topological polar surface area (TPSA) is 70.2 Å². The quantitative estimate of drug-likeness (QED) is 0.686. The van der Waals surface area contributed by atoms with Gasteiger partial charge in [0.2, 0.25) is 5.91 Å². The van der Waals surface area contributed by atoms with E-state index in [0.717, 1.165) is 12.2 Å². The molecule has 0 fully saturated rings. The van der Waals surface area contributed by atoms with Crippen molar-refractivity contribution in [3.63, 3.8) is 0 Å². The normalized spacial score (nSPS) is 10.3. The summed E-state index contributed by atoms with van der Waals surface area (Å²) in [4.78, 5) is 23.4.